The quantitative estimate of drug-likeness (QED) is 0.644. The van der Waals surface area contributed by atoms with E-state index >= 15 is 0 Å². The summed E-state index contributed by atoms with van der Waals surface area (Å²) in [5.41, 5.74) is 3.00. The summed E-state index contributed by atoms with van der Waals surface area (Å²) in [5.74, 6) is 1.87. The molecular formula is C15H21ClN2O2S. The van der Waals surface area contributed by atoms with Crippen molar-refractivity contribution in [3.05, 3.63) is 34.9 Å². The Bertz CT molecular complexity index is 469. The Morgan fingerprint density at radius 1 is 1.48 bits per heavy atom. The Balaban J connectivity index is 1.99. The van der Waals surface area contributed by atoms with Crippen LogP contribution in [-0.2, 0) is 4.79 Å². The maximum Gasteiger partial charge on any atom is 0.253 e. The van der Waals surface area contributed by atoms with Gasteiger partial charge < -0.3 is 4.90 Å². The van der Waals surface area contributed by atoms with E-state index in [1.54, 1.807) is 17.2 Å². The van der Waals surface area contributed by atoms with Crippen molar-refractivity contribution >= 4 is 29.3 Å². The van der Waals surface area contributed by atoms with Crippen molar-refractivity contribution in [2.45, 2.75) is 12.3 Å². The Morgan fingerprint density at radius 3 is 2.86 bits per heavy atom. The van der Waals surface area contributed by atoms with Crippen molar-refractivity contribution in [3.8, 4) is 0 Å². The fourth-order valence-corrected chi connectivity index (χ4v) is 4.00. The Hall–Kier alpha value is -0.750. The van der Waals surface area contributed by atoms with Crippen molar-refractivity contribution in [1.29, 1.82) is 0 Å². The second-order valence-corrected chi connectivity index (χ2v) is 6.99. The highest BCUT2D eigenvalue weighted by Crippen LogP contribution is 2.35. The van der Waals surface area contributed by atoms with Gasteiger partial charge in [0.05, 0.1) is 5.75 Å². The van der Waals surface area contributed by atoms with Gasteiger partial charge >= 0.3 is 0 Å². The number of thioether (sulfide) groups is 1. The van der Waals surface area contributed by atoms with Crippen molar-refractivity contribution < 1.29 is 10.0 Å². The van der Waals surface area contributed by atoms with Crippen LogP contribution in [0.4, 0.5) is 0 Å². The van der Waals surface area contributed by atoms with Crippen LogP contribution in [0.3, 0.4) is 0 Å². The lowest BCUT2D eigenvalue weighted by Crippen LogP contribution is -2.38. The fraction of sp³-hybridized carbons (Fsp3) is 0.533. The predicted molar refractivity (Wildman–Crippen MR) is 87.1 cm³/mol. The molecule has 0 saturated carbocycles. The molecule has 2 rings (SSSR count). The number of amides is 1. The lowest BCUT2D eigenvalue weighted by atomic mass is 9.81. The van der Waals surface area contributed by atoms with Gasteiger partial charge in [-0.25, -0.2) is 5.48 Å². The van der Waals surface area contributed by atoms with E-state index < -0.39 is 0 Å². The average Bonchev–Trinajstić information content (AvgIpc) is 2.48. The third-order valence-electron chi connectivity index (χ3n) is 3.92. The van der Waals surface area contributed by atoms with E-state index in [0.29, 0.717) is 17.6 Å². The summed E-state index contributed by atoms with van der Waals surface area (Å²) in [4.78, 5) is 13.4. The molecule has 1 amide bonds. The first kappa shape index (κ1) is 16.6. The van der Waals surface area contributed by atoms with Gasteiger partial charge in [-0.2, -0.15) is 11.8 Å². The summed E-state index contributed by atoms with van der Waals surface area (Å²) in [5, 5.41) is 9.30. The van der Waals surface area contributed by atoms with Gasteiger partial charge in [-0.05, 0) is 55.3 Å². The second-order valence-electron chi connectivity index (χ2n) is 5.52. The maximum absolute atomic E-state index is 11.1. The van der Waals surface area contributed by atoms with Crippen LogP contribution in [-0.4, -0.2) is 47.7 Å². The summed E-state index contributed by atoms with van der Waals surface area (Å²) in [6.45, 7) is 2.12. The zero-order chi connectivity index (χ0) is 15.2. The predicted octanol–water partition coefficient (Wildman–Crippen LogP) is 2.61. The van der Waals surface area contributed by atoms with E-state index in [9.17, 15) is 4.79 Å². The molecule has 6 heteroatoms. The van der Waals surface area contributed by atoms with E-state index in [1.807, 2.05) is 12.1 Å². The summed E-state index contributed by atoms with van der Waals surface area (Å²) < 4.78 is 0. The molecule has 0 radical (unpaired) electrons. The van der Waals surface area contributed by atoms with Gasteiger partial charge in [-0.1, -0.05) is 23.7 Å². The summed E-state index contributed by atoms with van der Waals surface area (Å²) >= 11 is 7.54. The first-order valence-electron chi connectivity index (χ1n) is 7.05. The zero-order valence-electron chi connectivity index (χ0n) is 12.1. The monoisotopic (exact) mass is 328 g/mol. The number of piperidine rings is 1. The van der Waals surface area contributed by atoms with Crippen LogP contribution in [0.5, 0.6) is 0 Å². The minimum absolute atomic E-state index is 0.296. The first-order chi connectivity index (χ1) is 10.1. The maximum atomic E-state index is 11.1. The second kappa shape index (κ2) is 8.03. The van der Waals surface area contributed by atoms with Crippen molar-refractivity contribution in [2.75, 3.05) is 31.6 Å². The molecule has 1 fully saturated rings. The molecule has 4 nitrogen and oxygen atoms in total. The number of likely N-dealkylation sites (tertiary alicyclic amines) is 1. The number of benzene rings is 1. The van der Waals surface area contributed by atoms with E-state index in [4.69, 9.17) is 16.8 Å². The molecule has 21 heavy (non-hydrogen) atoms. The molecule has 0 bridgehead atoms. The number of nitrogens with one attached hydrogen (secondary N) is 1. The van der Waals surface area contributed by atoms with Crippen molar-refractivity contribution in [2.24, 2.45) is 5.92 Å². The van der Waals surface area contributed by atoms with Crippen LogP contribution in [0, 0.1) is 5.92 Å². The molecule has 2 atom stereocenters. The first-order valence-corrected chi connectivity index (χ1v) is 8.58. The minimum Gasteiger partial charge on any atom is -0.306 e. The normalized spacial score (nSPS) is 23.0. The zero-order valence-corrected chi connectivity index (χ0v) is 13.7. The van der Waals surface area contributed by atoms with Gasteiger partial charge in [0.25, 0.3) is 5.91 Å². The van der Waals surface area contributed by atoms with Gasteiger partial charge in [0, 0.05) is 11.6 Å². The third-order valence-corrected chi connectivity index (χ3v) is 5.31. The number of rotatable bonds is 5. The van der Waals surface area contributed by atoms with Crippen molar-refractivity contribution in [1.82, 2.24) is 10.4 Å². The Morgan fingerprint density at radius 2 is 2.19 bits per heavy atom. The highest BCUT2D eigenvalue weighted by molar-refractivity contribution is 7.99. The van der Waals surface area contributed by atoms with E-state index in [1.165, 1.54) is 5.56 Å². The third kappa shape index (κ3) is 4.88. The number of hydrogen-bond acceptors (Lipinski definition) is 4. The smallest absolute Gasteiger partial charge is 0.253 e. The van der Waals surface area contributed by atoms with E-state index in [0.717, 1.165) is 30.3 Å². The molecule has 1 aromatic rings. The minimum atomic E-state index is -0.341. The van der Waals surface area contributed by atoms with Gasteiger partial charge in [0.2, 0.25) is 0 Å². The average molecular weight is 329 g/mol. The summed E-state index contributed by atoms with van der Waals surface area (Å²) in [6, 6.07) is 8.10. The molecule has 1 aliphatic rings. The Labute approximate surface area is 134 Å². The molecule has 0 aliphatic carbocycles. The number of hydroxylamine groups is 1. The largest absolute Gasteiger partial charge is 0.306 e. The molecule has 1 heterocycles. The van der Waals surface area contributed by atoms with Crippen LogP contribution < -0.4 is 5.48 Å². The molecule has 116 valence electrons. The number of carbonyl (C=O) groups is 1. The highest BCUT2D eigenvalue weighted by atomic mass is 35.5. The molecule has 0 aromatic heterocycles. The molecule has 1 aliphatic heterocycles. The molecule has 1 saturated heterocycles. The van der Waals surface area contributed by atoms with Crippen LogP contribution in [0.15, 0.2) is 24.3 Å². The van der Waals surface area contributed by atoms with Gasteiger partial charge in [0.15, 0.2) is 0 Å². The van der Waals surface area contributed by atoms with Crippen LogP contribution >= 0.6 is 23.4 Å². The van der Waals surface area contributed by atoms with Gasteiger partial charge in [-0.15, -0.1) is 0 Å². The molecular weight excluding hydrogens is 308 g/mol. The molecule has 2 N–H and O–H groups in total. The summed E-state index contributed by atoms with van der Waals surface area (Å²) in [7, 11) is 2.14. The highest BCUT2D eigenvalue weighted by Gasteiger charge is 2.28. The molecule has 0 unspecified atom stereocenters. The van der Waals surface area contributed by atoms with Crippen LogP contribution in [0.25, 0.3) is 0 Å². The van der Waals surface area contributed by atoms with Gasteiger partial charge in [-0.3, -0.25) is 10.0 Å². The van der Waals surface area contributed by atoms with Crippen molar-refractivity contribution in [3.63, 3.8) is 0 Å². The van der Waals surface area contributed by atoms with E-state index in [-0.39, 0.29) is 5.91 Å². The lowest BCUT2D eigenvalue weighted by molar-refractivity contribution is -0.126. The van der Waals surface area contributed by atoms with Crippen LogP contribution in [0.2, 0.25) is 5.02 Å². The molecule has 1 aromatic carbocycles. The number of nitrogens with zero attached hydrogens (tertiary/aromatic N) is 1. The SMILES string of the molecule is CN1CC[C@H](c2ccc(Cl)cc2)[C@@H](CSCC(=O)NO)C1. The standard InChI is InChI=1S/C15H21ClN2O2S/c1-18-7-6-14(11-2-4-13(16)5-3-11)12(8-18)9-21-10-15(19)17-20/h2-5,12,14,20H,6-10H2,1H3,(H,17,19)/t12-,14-/m1/s1. The van der Waals surface area contributed by atoms with E-state index in [2.05, 4.69) is 24.1 Å². The Kier molecular flexibility index (Phi) is 6.36. The molecule has 0 spiro atoms. The fourth-order valence-electron chi connectivity index (χ4n) is 2.87. The summed E-state index contributed by atoms with van der Waals surface area (Å²) in [6.07, 6.45) is 1.12. The lowest BCUT2D eigenvalue weighted by Gasteiger charge is -2.37. The van der Waals surface area contributed by atoms with Crippen LogP contribution in [0.1, 0.15) is 17.9 Å². The number of carbonyl (C=O) groups excluding carboxylic acids is 1. The number of halogens is 1. The van der Waals surface area contributed by atoms with Gasteiger partial charge in [0.1, 0.15) is 0 Å². The number of hydrogen-bond donors (Lipinski definition) is 2. The topological polar surface area (TPSA) is 52.6 Å².